The van der Waals surface area contributed by atoms with Gasteiger partial charge in [-0.25, -0.2) is 13.4 Å². The van der Waals surface area contributed by atoms with E-state index in [0.717, 1.165) is 70.3 Å². The van der Waals surface area contributed by atoms with Crippen molar-refractivity contribution >= 4 is 43.3 Å². The summed E-state index contributed by atoms with van der Waals surface area (Å²) in [4.78, 5) is 28.4. The maximum absolute atomic E-state index is 12.5. The normalized spacial score (nSPS) is 11.4. The van der Waals surface area contributed by atoms with E-state index in [1.807, 2.05) is 36.4 Å². The number of carbonyl (C=O) groups excluding carboxylic acids is 2. The average molecular weight is 696 g/mol. The van der Waals surface area contributed by atoms with Crippen molar-refractivity contribution in [3.63, 3.8) is 0 Å². The molecule has 0 fully saturated rings. The van der Waals surface area contributed by atoms with Crippen LogP contribution in [0.1, 0.15) is 69.9 Å². The molecule has 0 unspecified atom stereocenters. The Hall–Kier alpha value is -3.96. The largest absolute Gasteiger partial charge is 0.494 e. The number of ether oxygens (including phenoxy) is 4. The topological polar surface area (TPSA) is 118 Å². The van der Waals surface area contributed by atoms with E-state index in [4.69, 9.17) is 18.9 Å². The van der Waals surface area contributed by atoms with Gasteiger partial charge in [-0.15, -0.1) is 11.3 Å². The van der Waals surface area contributed by atoms with E-state index in [9.17, 15) is 18.0 Å². The molecular formula is C37H45NO8S2. The van der Waals surface area contributed by atoms with Crippen LogP contribution in [0.15, 0.2) is 65.0 Å². The predicted octanol–water partition coefficient (Wildman–Crippen LogP) is 7.77. The molecule has 0 aliphatic heterocycles. The Morgan fingerprint density at radius 3 is 2.29 bits per heavy atom. The highest BCUT2D eigenvalue weighted by Gasteiger charge is 2.15. The van der Waals surface area contributed by atoms with Crippen molar-refractivity contribution in [3.8, 4) is 22.6 Å². The quantitative estimate of drug-likeness (QED) is 0.0675. The number of sulfone groups is 1. The Balaban J connectivity index is 1.30. The lowest BCUT2D eigenvalue weighted by Crippen LogP contribution is -2.10. The first-order valence-corrected chi connectivity index (χ1v) is 19.3. The number of benzene rings is 3. The second-order valence-corrected chi connectivity index (χ2v) is 14.4. The van der Waals surface area contributed by atoms with Gasteiger partial charge in [-0.3, -0.25) is 9.59 Å². The van der Waals surface area contributed by atoms with Gasteiger partial charge in [0.25, 0.3) is 0 Å². The molecule has 1 heterocycles. The number of thiazole rings is 1. The van der Waals surface area contributed by atoms with Crippen LogP contribution >= 0.6 is 11.3 Å². The summed E-state index contributed by atoms with van der Waals surface area (Å²) < 4.78 is 48.2. The molecule has 0 radical (unpaired) electrons. The smallest absolute Gasteiger partial charge is 0.306 e. The molecule has 258 valence electrons. The third kappa shape index (κ3) is 11.3. The zero-order valence-corrected chi connectivity index (χ0v) is 29.6. The summed E-state index contributed by atoms with van der Waals surface area (Å²) in [6, 6.07) is 17.0. The number of hydrogen-bond acceptors (Lipinski definition) is 10. The Kier molecular flexibility index (Phi) is 14.2. The van der Waals surface area contributed by atoms with Crippen LogP contribution in [0.4, 0.5) is 0 Å². The van der Waals surface area contributed by atoms with Gasteiger partial charge in [-0.2, -0.15) is 0 Å². The number of fused-ring (bicyclic) bond motifs is 1. The van der Waals surface area contributed by atoms with Crippen molar-refractivity contribution in [2.24, 2.45) is 0 Å². The minimum Gasteiger partial charge on any atom is -0.494 e. The predicted molar refractivity (Wildman–Crippen MR) is 189 cm³/mol. The second kappa shape index (κ2) is 18.5. The number of aromatic nitrogens is 1. The van der Waals surface area contributed by atoms with Crippen LogP contribution in [0, 0.1) is 0 Å². The van der Waals surface area contributed by atoms with Crippen molar-refractivity contribution < 1.29 is 37.0 Å². The summed E-state index contributed by atoms with van der Waals surface area (Å²) in [6.45, 7) is 5.13. The lowest BCUT2D eigenvalue weighted by Gasteiger charge is -2.16. The van der Waals surface area contributed by atoms with Crippen LogP contribution in [-0.4, -0.2) is 58.0 Å². The minimum atomic E-state index is -3.43. The van der Waals surface area contributed by atoms with Crippen molar-refractivity contribution in [3.05, 3.63) is 71.2 Å². The van der Waals surface area contributed by atoms with E-state index in [1.54, 1.807) is 42.8 Å². The Labute approximate surface area is 287 Å². The molecule has 4 rings (SSSR count). The number of unbranched alkanes of at least 4 members (excludes halogenated alkanes) is 3. The Morgan fingerprint density at radius 1 is 0.771 bits per heavy atom. The number of hydrogen-bond donors (Lipinski definition) is 0. The fraction of sp³-hybridized carbons (Fsp3) is 0.432. The van der Waals surface area contributed by atoms with Gasteiger partial charge in [-0.1, -0.05) is 31.0 Å². The van der Waals surface area contributed by atoms with Gasteiger partial charge in [0.2, 0.25) is 0 Å². The maximum Gasteiger partial charge on any atom is 0.306 e. The standard InChI is InChI=1S/C37H45NO8S2/c1-4-43-36(39)15-11-21-46-34-14-10-13-27(32(34)17-19-37(40)44-5-2)12-8-6-7-9-20-45-30-22-29(23-31(25-30)48(3,41)42)28-16-18-35-33(24-28)38-26-47-35/h10,13-14,16,18,22-26H,4-9,11-12,15,17,19-21H2,1-3H3. The molecule has 11 heteroatoms. The van der Waals surface area contributed by atoms with Gasteiger partial charge in [0.15, 0.2) is 9.84 Å². The molecule has 0 saturated heterocycles. The molecule has 0 amide bonds. The van der Waals surface area contributed by atoms with Gasteiger partial charge in [0, 0.05) is 19.1 Å². The lowest BCUT2D eigenvalue weighted by molar-refractivity contribution is -0.144. The van der Waals surface area contributed by atoms with Crippen LogP contribution < -0.4 is 9.47 Å². The third-order valence-corrected chi connectivity index (χ3v) is 9.69. The van der Waals surface area contributed by atoms with Gasteiger partial charge < -0.3 is 18.9 Å². The molecule has 48 heavy (non-hydrogen) atoms. The van der Waals surface area contributed by atoms with Gasteiger partial charge in [0.1, 0.15) is 11.5 Å². The highest BCUT2D eigenvalue weighted by atomic mass is 32.2. The highest BCUT2D eigenvalue weighted by molar-refractivity contribution is 7.90. The monoisotopic (exact) mass is 695 g/mol. The molecule has 0 saturated carbocycles. The zero-order valence-electron chi connectivity index (χ0n) is 28.0. The Morgan fingerprint density at radius 2 is 1.52 bits per heavy atom. The van der Waals surface area contributed by atoms with E-state index < -0.39 is 9.84 Å². The zero-order chi connectivity index (χ0) is 34.4. The van der Waals surface area contributed by atoms with Crippen LogP contribution in [0.2, 0.25) is 0 Å². The van der Waals surface area contributed by atoms with E-state index >= 15 is 0 Å². The fourth-order valence-electron chi connectivity index (χ4n) is 5.39. The van der Waals surface area contributed by atoms with Gasteiger partial charge in [0.05, 0.1) is 47.1 Å². The molecule has 3 aromatic carbocycles. The highest BCUT2D eigenvalue weighted by Crippen LogP contribution is 2.31. The molecular weight excluding hydrogens is 651 g/mol. The summed E-state index contributed by atoms with van der Waals surface area (Å²) in [5.41, 5.74) is 6.47. The molecule has 0 aliphatic rings. The summed E-state index contributed by atoms with van der Waals surface area (Å²) in [5.74, 6) is 0.780. The average Bonchev–Trinajstić information content (AvgIpc) is 3.54. The fourth-order valence-corrected chi connectivity index (χ4v) is 6.72. The Bertz CT molecular complexity index is 1770. The molecule has 0 bridgehead atoms. The first kappa shape index (κ1) is 36.9. The van der Waals surface area contributed by atoms with Crippen LogP contribution in [-0.2, 0) is 41.7 Å². The van der Waals surface area contributed by atoms with Crippen molar-refractivity contribution in [2.45, 2.75) is 76.5 Å². The molecule has 0 spiro atoms. The molecule has 9 nitrogen and oxygen atoms in total. The number of esters is 2. The van der Waals surface area contributed by atoms with E-state index in [2.05, 4.69) is 11.1 Å². The summed E-state index contributed by atoms with van der Waals surface area (Å²) >= 11 is 1.56. The number of carbonyl (C=O) groups is 2. The van der Waals surface area contributed by atoms with E-state index in [0.29, 0.717) is 51.4 Å². The minimum absolute atomic E-state index is 0.220. The van der Waals surface area contributed by atoms with Crippen LogP contribution in [0.25, 0.3) is 21.3 Å². The number of aryl methyl sites for hydroxylation is 1. The summed E-state index contributed by atoms with van der Waals surface area (Å²) in [7, 11) is -3.43. The number of rotatable bonds is 20. The summed E-state index contributed by atoms with van der Waals surface area (Å²) in [5, 5.41) is 0. The van der Waals surface area contributed by atoms with E-state index in [-0.39, 0.29) is 23.3 Å². The SMILES string of the molecule is CCOC(=O)CCCOc1cccc(CCCCCCOc2cc(-c3ccc4scnc4c3)cc(S(C)(=O)=O)c2)c1CCC(=O)OCC. The van der Waals surface area contributed by atoms with Crippen molar-refractivity contribution in [1.82, 2.24) is 4.98 Å². The molecule has 1 aromatic heterocycles. The molecule has 0 N–H and O–H groups in total. The first-order chi connectivity index (χ1) is 23.2. The summed E-state index contributed by atoms with van der Waals surface area (Å²) in [6.07, 6.45) is 7.36. The van der Waals surface area contributed by atoms with Gasteiger partial charge >= 0.3 is 11.9 Å². The maximum atomic E-state index is 12.5. The van der Waals surface area contributed by atoms with Crippen molar-refractivity contribution in [1.29, 1.82) is 0 Å². The van der Waals surface area contributed by atoms with Crippen LogP contribution in [0.5, 0.6) is 11.5 Å². The van der Waals surface area contributed by atoms with Crippen LogP contribution in [0.3, 0.4) is 0 Å². The van der Waals surface area contributed by atoms with Crippen molar-refractivity contribution in [2.75, 3.05) is 32.7 Å². The molecule has 0 atom stereocenters. The third-order valence-electron chi connectivity index (χ3n) is 7.78. The van der Waals surface area contributed by atoms with E-state index in [1.165, 1.54) is 6.26 Å². The lowest BCUT2D eigenvalue weighted by atomic mass is 9.96. The van der Waals surface area contributed by atoms with Gasteiger partial charge in [-0.05, 0) is 105 Å². The first-order valence-electron chi connectivity index (χ1n) is 16.5. The number of nitrogens with zero attached hydrogens (tertiary/aromatic N) is 1. The second-order valence-electron chi connectivity index (χ2n) is 11.5. The molecule has 4 aromatic rings. The molecule has 0 aliphatic carbocycles.